The number of carbonyl (C=O) groups excluding carboxylic acids is 2. The van der Waals surface area contributed by atoms with E-state index in [-0.39, 0.29) is 16.5 Å². The third kappa shape index (κ3) is 2.90. The first-order chi connectivity index (χ1) is 11.5. The Bertz CT molecular complexity index is 849. The van der Waals surface area contributed by atoms with Crippen LogP contribution in [0.4, 0.5) is 5.69 Å². The molecule has 0 bridgehead atoms. The number of nitrogens with zero attached hydrogens (tertiary/aromatic N) is 1. The molecule has 0 saturated carbocycles. The van der Waals surface area contributed by atoms with Gasteiger partial charge in [-0.15, -0.1) is 6.58 Å². The molecule has 4 nitrogen and oxygen atoms in total. The Kier molecular flexibility index (Phi) is 4.60. The van der Waals surface area contributed by atoms with Crippen molar-refractivity contribution >= 4 is 40.7 Å². The molecule has 0 spiro atoms. The first kappa shape index (κ1) is 16.6. The number of fused-ring (bicyclic) bond motifs is 1. The highest BCUT2D eigenvalue weighted by Gasteiger charge is 2.29. The van der Waals surface area contributed by atoms with E-state index in [9.17, 15) is 9.59 Å². The third-order valence-corrected chi connectivity index (χ3v) is 4.63. The summed E-state index contributed by atoms with van der Waals surface area (Å²) < 4.78 is 0. The predicted molar refractivity (Wildman–Crippen MR) is 95.8 cm³/mol. The largest absolute Gasteiger partial charge is 0.331 e. The van der Waals surface area contributed by atoms with Gasteiger partial charge in [0.2, 0.25) is 0 Å². The van der Waals surface area contributed by atoms with Crippen molar-refractivity contribution in [2.45, 2.75) is 6.54 Å². The first-order valence-electron chi connectivity index (χ1n) is 7.30. The molecule has 1 N–H and O–H groups in total. The van der Waals surface area contributed by atoms with E-state index in [2.05, 4.69) is 11.9 Å². The summed E-state index contributed by atoms with van der Waals surface area (Å²) in [4.78, 5) is 26.7. The van der Waals surface area contributed by atoms with Crippen molar-refractivity contribution < 1.29 is 9.59 Å². The second-order valence-corrected chi connectivity index (χ2v) is 6.15. The molecule has 1 aliphatic rings. The number of anilines is 1. The fourth-order valence-electron chi connectivity index (χ4n) is 2.70. The van der Waals surface area contributed by atoms with Gasteiger partial charge in [-0.3, -0.25) is 9.59 Å². The van der Waals surface area contributed by atoms with Crippen LogP contribution in [0.15, 0.2) is 49.1 Å². The van der Waals surface area contributed by atoms with Crippen molar-refractivity contribution in [1.29, 1.82) is 0 Å². The Labute approximate surface area is 149 Å². The Balaban J connectivity index is 1.92. The fraction of sp³-hybridized carbons (Fsp3) is 0.111. The van der Waals surface area contributed by atoms with Crippen molar-refractivity contribution in [2.75, 3.05) is 11.9 Å². The number of amides is 2. The van der Waals surface area contributed by atoms with E-state index in [1.165, 1.54) is 0 Å². The second-order valence-electron chi connectivity index (χ2n) is 5.37. The molecule has 24 heavy (non-hydrogen) atoms. The summed E-state index contributed by atoms with van der Waals surface area (Å²) in [5, 5.41) is 3.25. The van der Waals surface area contributed by atoms with Crippen LogP contribution < -0.4 is 5.32 Å². The minimum atomic E-state index is -0.411. The van der Waals surface area contributed by atoms with Gasteiger partial charge in [0.1, 0.15) is 0 Å². The van der Waals surface area contributed by atoms with Gasteiger partial charge in [0.05, 0.1) is 26.9 Å². The minimum absolute atomic E-state index is 0.127. The average Bonchev–Trinajstić information content (AvgIpc) is 2.87. The molecule has 2 amide bonds. The summed E-state index contributed by atoms with van der Waals surface area (Å²) in [6.45, 7) is 4.62. The molecule has 0 saturated heterocycles. The number of hydrogen-bond acceptors (Lipinski definition) is 2. The van der Waals surface area contributed by atoms with E-state index in [4.69, 9.17) is 23.2 Å². The van der Waals surface area contributed by atoms with Gasteiger partial charge in [0, 0.05) is 13.1 Å². The van der Waals surface area contributed by atoms with E-state index in [1.54, 1.807) is 41.3 Å². The quantitative estimate of drug-likeness (QED) is 0.822. The molecule has 2 aromatic rings. The third-order valence-electron chi connectivity index (χ3n) is 3.81. The lowest BCUT2D eigenvalue weighted by Gasteiger charge is -2.13. The molecule has 122 valence electrons. The van der Waals surface area contributed by atoms with Gasteiger partial charge in [-0.2, -0.15) is 0 Å². The van der Waals surface area contributed by atoms with Crippen LogP contribution in [-0.4, -0.2) is 23.3 Å². The Morgan fingerprint density at radius 2 is 2.00 bits per heavy atom. The normalized spacial score (nSPS) is 12.9. The van der Waals surface area contributed by atoms with Crippen LogP contribution in [0, 0.1) is 0 Å². The summed E-state index contributed by atoms with van der Waals surface area (Å²) >= 11 is 12.0. The van der Waals surface area contributed by atoms with Crippen LogP contribution >= 0.6 is 23.2 Å². The van der Waals surface area contributed by atoms with E-state index in [0.717, 1.165) is 5.56 Å². The van der Waals surface area contributed by atoms with E-state index < -0.39 is 5.91 Å². The topological polar surface area (TPSA) is 49.4 Å². The molecule has 0 aliphatic carbocycles. The Hall–Kier alpha value is -2.30. The van der Waals surface area contributed by atoms with Gasteiger partial charge in [0.15, 0.2) is 0 Å². The fourth-order valence-corrected chi connectivity index (χ4v) is 3.08. The summed E-state index contributed by atoms with van der Waals surface area (Å²) in [5.74, 6) is -0.538. The predicted octanol–water partition coefficient (Wildman–Crippen LogP) is 4.39. The number of halogens is 2. The maximum absolute atomic E-state index is 12.5. The highest BCUT2D eigenvalue weighted by atomic mass is 35.5. The first-order valence-corrected chi connectivity index (χ1v) is 8.06. The van der Waals surface area contributed by atoms with Gasteiger partial charge in [0.25, 0.3) is 11.8 Å². The molecular formula is C18H14Cl2N2O2. The standard InChI is InChI=1S/C18H14Cl2N2O2/c1-2-9-22-10-11-5-3-8-14(15(11)18(22)24)21-17(23)12-6-4-7-13(19)16(12)20/h2-8H,1,9-10H2,(H,21,23). The zero-order valence-electron chi connectivity index (χ0n) is 12.7. The zero-order chi connectivity index (χ0) is 17.3. The zero-order valence-corrected chi connectivity index (χ0v) is 14.2. The minimum Gasteiger partial charge on any atom is -0.331 e. The monoisotopic (exact) mass is 360 g/mol. The highest BCUT2D eigenvalue weighted by Crippen LogP contribution is 2.31. The van der Waals surface area contributed by atoms with Gasteiger partial charge >= 0.3 is 0 Å². The molecule has 0 fully saturated rings. The average molecular weight is 361 g/mol. The summed E-state index contributed by atoms with van der Waals surface area (Å²) in [5.41, 5.74) is 2.10. The van der Waals surface area contributed by atoms with E-state index in [0.29, 0.717) is 29.4 Å². The van der Waals surface area contributed by atoms with Crippen molar-refractivity contribution in [3.8, 4) is 0 Å². The SMILES string of the molecule is C=CCN1Cc2cccc(NC(=O)c3cccc(Cl)c3Cl)c2C1=O. The summed E-state index contributed by atoms with van der Waals surface area (Å²) in [6, 6.07) is 10.2. The molecule has 6 heteroatoms. The lowest BCUT2D eigenvalue weighted by atomic mass is 10.1. The lowest BCUT2D eigenvalue weighted by Crippen LogP contribution is -2.24. The lowest BCUT2D eigenvalue weighted by molar-refractivity contribution is 0.0797. The highest BCUT2D eigenvalue weighted by molar-refractivity contribution is 6.44. The van der Waals surface area contributed by atoms with Crippen molar-refractivity contribution in [2.24, 2.45) is 0 Å². The van der Waals surface area contributed by atoms with Gasteiger partial charge in [-0.25, -0.2) is 0 Å². The summed E-state index contributed by atoms with van der Waals surface area (Å²) in [6.07, 6.45) is 1.67. The molecule has 0 unspecified atom stereocenters. The number of rotatable bonds is 4. The number of benzene rings is 2. The number of hydrogen-bond donors (Lipinski definition) is 1. The Morgan fingerprint density at radius 3 is 2.75 bits per heavy atom. The molecule has 1 aliphatic heterocycles. The maximum Gasteiger partial charge on any atom is 0.257 e. The molecule has 2 aromatic carbocycles. The van der Waals surface area contributed by atoms with Crippen LogP contribution in [0.2, 0.25) is 10.0 Å². The molecule has 1 heterocycles. The smallest absolute Gasteiger partial charge is 0.257 e. The number of carbonyl (C=O) groups is 2. The second kappa shape index (κ2) is 6.67. The van der Waals surface area contributed by atoms with Crippen molar-refractivity contribution in [3.05, 3.63) is 75.8 Å². The molecule has 0 radical (unpaired) electrons. The van der Waals surface area contributed by atoms with E-state index in [1.807, 2.05) is 6.07 Å². The van der Waals surface area contributed by atoms with Crippen molar-refractivity contribution in [3.63, 3.8) is 0 Å². The van der Waals surface area contributed by atoms with Gasteiger partial charge in [-0.05, 0) is 23.8 Å². The van der Waals surface area contributed by atoms with Crippen LogP contribution in [0.5, 0.6) is 0 Å². The van der Waals surface area contributed by atoms with Crippen LogP contribution in [0.3, 0.4) is 0 Å². The van der Waals surface area contributed by atoms with Crippen LogP contribution in [0.1, 0.15) is 26.3 Å². The summed E-state index contributed by atoms with van der Waals surface area (Å²) in [7, 11) is 0. The van der Waals surface area contributed by atoms with E-state index >= 15 is 0 Å². The maximum atomic E-state index is 12.5. The molecule has 0 atom stereocenters. The molecule has 0 aromatic heterocycles. The van der Waals surface area contributed by atoms with Gasteiger partial charge < -0.3 is 10.2 Å². The van der Waals surface area contributed by atoms with Crippen molar-refractivity contribution in [1.82, 2.24) is 4.90 Å². The molecule has 3 rings (SSSR count). The van der Waals surface area contributed by atoms with Crippen LogP contribution in [-0.2, 0) is 6.54 Å². The van der Waals surface area contributed by atoms with Crippen LogP contribution in [0.25, 0.3) is 0 Å². The van der Waals surface area contributed by atoms with Gasteiger partial charge in [-0.1, -0.05) is 47.5 Å². The molecular weight excluding hydrogens is 347 g/mol. The Morgan fingerprint density at radius 1 is 1.25 bits per heavy atom. The number of nitrogens with one attached hydrogen (secondary N) is 1.